The molecule has 1 atom stereocenters. The summed E-state index contributed by atoms with van der Waals surface area (Å²) in [6, 6.07) is 0. The minimum absolute atomic E-state index is 0.0474. The molecule has 1 N–H and O–H groups in total. The smallest absolute Gasteiger partial charge is 0.296 e. The second-order valence-corrected chi connectivity index (χ2v) is 4.93. The van der Waals surface area contributed by atoms with Crippen molar-refractivity contribution in [2.24, 2.45) is 5.10 Å². The van der Waals surface area contributed by atoms with Crippen LogP contribution >= 0.6 is 11.6 Å². The van der Waals surface area contributed by atoms with E-state index in [0.717, 1.165) is 10.9 Å². The summed E-state index contributed by atoms with van der Waals surface area (Å²) in [6.07, 6.45) is -6.71. The standard InChI is InChI=1S/C11H11ClF4N4O2/c1-2-19-7(5(12)4-17-19)9(21)20-11(22,10(15)16)3-6(18-20)8(13)14/h4,8,10,22H,2-3H2,1H3. The summed E-state index contributed by atoms with van der Waals surface area (Å²) in [5.74, 6) is -1.23. The van der Waals surface area contributed by atoms with Crippen LogP contribution in [0.3, 0.4) is 0 Å². The normalized spacial score (nSPS) is 21.9. The summed E-state index contributed by atoms with van der Waals surface area (Å²) in [5.41, 5.74) is -4.47. The van der Waals surface area contributed by atoms with Gasteiger partial charge in [-0.25, -0.2) is 17.6 Å². The first-order valence-electron chi connectivity index (χ1n) is 6.14. The Morgan fingerprint density at radius 2 is 2.14 bits per heavy atom. The molecule has 1 aromatic rings. The van der Waals surface area contributed by atoms with Crippen LogP contribution in [0.1, 0.15) is 23.8 Å². The molecular weight excluding hydrogens is 332 g/mol. The minimum atomic E-state index is -3.49. The number of aryl methyl sites for hydroxylation is 1. The monoisotopic (exact) mass is 342 g/mol. The van der Waals surface area contributed by atoms with Crippen LogP contribution in [0.15, 0.2) is 11.3 Å². The molecule has 2 heterocycles. The predicted molar refractivity (Wildman–Crippen MR) is 68.1 cm³/mol. The van der Waals surface area contributed by atoms with Gasteiger partial charge in [-0.3, -0.25) is 9.48 Å². The lowest BCUT2D eigenvalue weighted by Crippen LogP contribution is -2.52. The van der Waals surface area contributed by atoms with Gasteiger partial charge in [0.25, 0.3) is 18.8 Å². The number of aliphatic hydroxyl groups is 1. The summed E-state index contributed by atoms with van der Waals surface area (Å²) >= 11 is 5.77. The molecule has 0 saturated heterocycles. The van der Waals surface area contributed by atoms with Crippen LogP contribution in [0, 0.1) is 0 Å². The third-order valence-corrected chi connectivity index (χ3v) is 3.40. The predicted octanol–water partition coefficient (Wildman–Crippen LogP) is 1.98. The summed E-state index contributed by atoms with van der Waals surface area (Å²) in [4.78, 5) is 12.3. The molecule has 22 heavy (non-hydrogen) atoms. The highest BCUT2D eigenvalue weighted by atomic mass is 35.5. The zero-order chi connectivity index (χ0) is 16.7. The number of hydrogen-bond acceptors (Lipinski definition) is 4. The number of carbonyl (C=O) groups excluding carboxylic acids is 1. The Bertz CT molecular complexity index is 621. The van der Waals surface area contributed by atoms with Gasteiger partial charge in [0.15, 0.2) is 0 Å². The van der Waals surface area contributed by atoms with Crippen molar-refractivity contribution in [2.75, 3.05) is 0 Å². The number of hydrazone groups is 1. The lowest BCUT2D eigenvalue weighted by Gasteiger charge is -2.30. The van der Waals surface area contributed by atoms with Gasteiger partial charge in [0, 0.05) is 13.0 Å². The second-order valence-electron chi connectivity index (χ2n) is 4.52. The Labute approximate surface area is 126 Å². The molecular formula is C11H11ClF4N4O2. The molecule has 1 aliphatic heterocycles. The van der Waals surface area contributed by atoms with Crippen LogP contribution in [0.4, 0.5) is 17.6 Å². The molecule has 0 aliphatic carbocycles. The summed E-state index contributed by atoms with van der Waals surface area (Å²) in [6.45, 7) is 1.79. The van der Waals surface area contributed by atoms with Gasteiger partial charge in [-0.1, -0.05) is 11.6 Å². The topological polar surface area (TPSA) is 70.7 Å². The van der Waals surface area contributed by atoms with Crippen LogP contribution in [-0.2, 0) is 6.54 Å². The first kappa shape index (κ1) is 16.7. The zero-order valence-corrected chi connectivity index (χ0v) is 11.9. The number of carbonyl (C=O) groups is 1. The summed E-state index contributed by atoms with van der Waals surface area (Å²) in [5, 5.41) is 16.6. The Morgan fingerprint density at radius 3 is 2.64 bits per heavy atom. The van der Waals surface area contributed by atoms with E-state index in [1.54, 1.807) is 6.92 Å². The van der Waals surface area contributed by atoms with E-state index in [-0.39, 0.29) is 22.3 Å². The van der Waals surface area contributed by atoms with Crippen molar-refractivity contribution in [3.8, 4) is 0 Å². The number of hydrogen-bond donors (Lipinski definition) is 1. The number of nitrogens with zero attached hydrogens (tertiary/aromatic N) is 4. The second kappa shape index (κ2) is 5.84. The highest BCUT2D eigenvalue weighted by molar-refractivity contribution is 6.33. The van der Waals surface area contributed by atoms with E-state index in [1.165, 1.54) is 0 Å². The molecule has 0 aromatic carbocycles. The van der Waals surface area contributed by atoms with E-state index in [9.17, 15) is 27.5 Å². The molecule has 0 saturated carbocycles. The average molecular weight is 343 g/mol. The van der Waals surface area contributed by atoms with Crippen LogP contribution in [-0.4, -0.2) is 50.1 Å². The lowest BCUT2D eigenvalue weighted by molar-refractivity contribution is -0.164. The SMILES string of the molecule is CCn1ncc(Cl)c1C(=O)N1N=C(C(F)F)CC1(O)C(F)F. The average Bonchev–Trinajstić information content (AvgIpc) is 2.99. The molecule has 1 unspecified atom stereocenters. The summed E-state index contributed by atoms with van der Waals surface area (Å²) < 4.78 is 52.6. The summed E-state index contributed by atoms with van der Waals surface area (Å²) in [7, 11) is 0. The van der Waals surface area contributed by atoms with Crippen LogP contribution < -0.4 is 0 Å². The molecule has 6 nitrogen and oxygen atoms in total. The first-order valence-corrected chi connectivity index (χ1v) is 6.52. The van der Waals surface area contributed by atoms with E-state index >= 15 is 0 Å². The number of alkyl halides is 4. The van der Waals surface area contributed by atoms with Gasteiger partial charge >= 0.3 is 0 Å². The zero-order valence-electron chi connectivity index (χ0n) is 11.2. The number of halogens is 5. The van der Waals surface area contributed by atoms with Crippen molar-refractivity contribution < 1.29 is 27.5 Å². The molecule has 0 fully saturated rings. The Kier molecular flexibility index (Phi) is 4.43. The third-order valence-electron chi connectivity index (χ3n) is 3.13. The van der Waals surface area contributed by atoms with Gasteiger partial charge in [-0.05, 0) is 6.92 Å². The number of rotatable bonds is 4. The van der Waals surface area contributed by atoms with Gasteiger partial charge in [0.05, 0.1) is 11.2 Å². The molecule has 11 heteroatoms. The van der Waals surface area contributed by atoms with Gasteiger partial charge in [-0.15, -0.1) is 0 Å². The van der Waals surface area contributed by atoms with Crippen molar-refractivity contribution in [2.45, 2.75) is 38.5 Å². The van der Waals surface area contributed by atoms with E-state index in [0.29, 0.717) is 0 Å². The quantitative estimate of drug-likeness (QED) is 0.851. The molecule has 0 radical (unpaired) electrons. The maximum Gasteiger partial charge on any atom is 0.296 e. The van der Waals surface area contributed by atoms with Gasteiger partial charge in [0.1, 0.15) is 11.4 Å². The van der Waals surface area contributed by atoms with E-state index in [2.05, 4.69) is 10.2 Å². The minimum Gasteiger partial charge on any atom is -0.364 e. The molecule has 1 amide bonds. The van der Waals surface area contributed by atoms with Crippen molar-refractivity contribution in [3.63, 3.8) is 0 Å². The van der Waals surface area contributed by atoms with Crippen molar-refractivity contribution >= 4 is 23.2 Å². The van der Waals surface area contributed by atoms with Crippen molar-refractivity contribution in [1.82, 2.24) is 14.8 Å². The largest absolute Gasteiger partial charge is 0.364 e. The molecule has 122 valence electrons. The van der Waals surface area contributed by atoms with Gasteiger partial charge in [0.2, 0.25) is 5.72 Å². The van der Waals surface area contributed by atoms with Crippen LogP contribution in [0.5, 0.6) is 0 Å². The third kappa shape index (κ3) is 2.56. The highest BCUT2D eigenvalue weighted by Gasteiger charge is 2.54. The Morgan fingerprint density at radius 1 is 1.50 bits per heavy atom. The Balaban J connectivity index is 2.47. The van der Waals surface area contributed by atoms with E-state index < -0.39 is 36.6 Å². The fourth-order valence-corrected chi connectivity index (χ4v) is 2.24. The Hall–Kier alpha value is -1.68. The number of aromatic nitrogens is 2. The molecule has 2 rings (SSSR count). The molecule has 0 spiro atoms. The first-order chi connectivity index (χ1) is 10.2. The van der Waals surface area contributed by atoms with Crippen molar-refractivity contribution in [3.05, 3.63) is 16.9 Å². The molecule has 1 aliphatic rings. The van der Waals surface area contributed by atoms with E-state index in [1.807, 2.05) is 0 Å². The van der Waals surface area contributed by atoms with Crippen LogP contribution in [0.25, 0.3) is 0 Å². The fraction of sp³-hybridized carbons (Fsp3) is 0.545. The van der Waals surface area contributed by atoms with Gasteiger partial charge < -0.3 is 5.11 Å². The molecule has 0 bridgehead atoms. The van der Waals surface area contributed by atoms with E-state index in [4.69, 9.17) is 11.6 Å². The van der Waals surface area contributed by atoms with Crippen molar-refractivity contribution in [1.29, 1.82) is 0 Å². The highest BCUT2D eigenvalue weighted by Crippen LogP contribution is 2.35. The lowest BCUT2D eigenvalue weighted by atomic mass is 10.1. The van der Waals surface area contributed by atoms with Gasteiger partial charge in [-0.2, -0.15) is 15.2 Å². The van der Waals surface area contributed by atoms with Crippen LogP contribution in [0.2, 0.25) is 5.02 Å². The fourth-order valence-electron chi connectivity index (χ4n) is 2.02. The maximum absolute atomic E-state index is 13.1. The maximum atomic E-state index is 13.1. The molecule has 1 aromatic heterocycles. The number of amides is 1.